The highest BCUT2D eigenvalue weighted by Gasteiger charge is 1.98. The van der Waals surface area contributed by atoms with Crippen LogP contribution in [0.4, 0.5) is 0 Å². The van der Waals surface area contributed by atoms with Crippen molar-refractivity contribution in [3.8, 4) is 5.75 Å². The monoisotopic (exact) mass is 146 g/mol. The molecule has 0 unspecified atom stereocenters. The first-order valence-electron chi connectivity index (χ1n) is 3.56. The van der Waals surface area contributed by atoms with E-state index in [1.165, 1.54) is 5.56 Å². The first-order valence-corrected chi connectivity index (χ1v) is 3.56. The summed E-state index contributed by atoms with van der Waals surface area (Å²) in [4.78, 5) is 0. The van der Waals surface area contributed by atoms with Gasteiger partial charge in [0.05, 0.1) is 7.11 Å². The summed E-state index contributed by atoms with van der Waals surface area (Å²) in [6.07, 6.45) is 0. The van der Waals surface area contributed by atoms with E-state index in [4.69, 9.17) is 12.6 Å². The normalized spacial score (nSPS) is 9.73. The smallest absolute Gasteiger partial charge is 0.118 e. The van der Waals surface area contributed by atoms with Gasteiger partial charge in [-0.3, -0.25) is 0 Å². The molecule has 0 aliphatic carbocycles. The second-order valence-electron chi connectivity index (χ2n) is 2.66. The SMILES string of the molecule is [B]c1cc(OC)cc(C)c1C. The van der Waals surface area contributed by atoms with Crippen molar-refractivity contribution >= 4 is 13.3 Å². The summed E-state index contributed by atoms with van der Waals surface area (Å²) in [6.45, 7) is 4.03. The van der Waals surface area contributed by atoms with Gasteiger partial charge in [0, 0.05) is 0 Å². The standard InChI is InChI=1S/C9H11BO/c1-6-4-8(11-3)5-9(10)7(6)2/h4-5H,1-3H3. The molecule has 1 aromatic carbocycles. The summed E-state index contributed by atoms with van der Waals surface area (Å²) in [7, 11) is 7.36. The number of rotatable bonds is 1. The molecule has 1 rings (SSSR count). The van der Waals surface area contributed by atoms with E-state index >= 15 is 0 Å². The molecule has 0 spiro atoms. The third kappa shape index (κ3) is 1.56. The Labute approximate surface area is 68.8 Å². The average molecular weight is 146 g/mol. The van der Waals surface area contributed by atoms with Crippen LogP contribution in [-0.4, -0.2) is 15.0 Å². The molecule has 0 saturated carbocycles. The number of methoxy groups -OCH3 is 1. The third-order valence-corrected chi connectivity index (χ3v) is 1.92. The molecule has 0 N–H and O–H groups in total. The van der Waals surface area contributed by atoms with Crippen molar-refractivity contribution in [1.29, 1.82) is 0 Å². The predicted octanol–water partition coefficient (Wildman–Crippen LogP) is 1.11. The van der Waals surface area contributed by atoms with Crippen molar-refractivity contribution in [2.45, 2.75) is 13.8 Å². The Morgan fingerprint density at radius 3 is 2.36 bits per heavy atom. The average Bonchev–Trinajstić information content (AvgIpc) is 1.99. The van der Waals surface area contributed by atoms with Crippen LogP contribution >= 0.6 is 0 Å². The van der Waals surface area contributed by atoms with Crippen LogP contribution in [0.1, 0.15) is 11.1 Å². The molecule has 0 heterocycles. The fourth-order valence-electron chi connectivity index (χ4n) is 0.970. The molecule has 0 amide bonds. The van der Waals surface area contributed by atoms with Gasteiger partial charge in [0.15, 0.2) is 0 Å². The number of aryl methyl sites for hydroxylation is 1. The molecule has 0 aliphatic heterocycles. The summed E-state index contributed by atoms with van der Waals surface area (Å²) in [5.41, 5.74) is 3.09. The lowest BCUT2D eigenvalue weighted by atomic mass is 9.88. The Kier molecular flexibility index (Phi) is 2.23. The Hall–Kier alpha value is -0.915. The molecule has 0 aromatic heterocycles. The van der Waals surface area contributed by atoms with Gasteiger partial charge < -0.3 is 4.74 Å². The van der Waals surface area contributed by atoms with Gasteiger partial charge in [-0.1, -0.05) is 11.0 Å². The molecule has 2 radical (unpaired) electrons. The highest BCUT2D eigenvalue weighted by molar-refractivity contribution is 6.33. The Bertz CT molecular complexity index is 245. The predicted molar refractivity (Wildman–Crippen MR) is 47.9 cm³/mol. The Morgan fingerprint density at radius 2 is 1.91 bits per heavy atom. The van der Waals surface area contributed by atoms with Crippen LogP contribution < -0.4 is 10.2 Å². The van der Waals surface area contributed by atoms with Crippen molar-refractivity contribution in [2.24, 2.45) is 0 Å². The zero-order valence-corrected chi connectivity index (χ0v) is 7.14. The molecular weight excluding hydrogens is 135 g/mol. The number of benzene rings is 1. The number of ether oxygens (including phenoxy) is 1. The van der Waals surface area contributed by atoms with Gasteiger partial charge in [-0.2, -0.15) is 0 Å². The summed E-state index contributed by atoms with van der Waals surface area (Å²) >= 11 is 0. The maximum Gasteiger partial charge on any atom is 0.118 e. The topological polar surface area (TPSA) is 9.23 Å². The zero-order valence-electron chi connectivity index (χ0n) is 7.14. The molecule has 0 atom stereocenters. The quantitative estimate of drug-likeness (QED) is 0.539. The van der Waals surface area contributed by atoms with Gasteiger partial charge in [0.1, 0.15) is 13.6 Å². The molecule has 1 aromatic rings. The van der Waals surface area contributed by atoms with Crippen LogP contribution in [0.25, 0.3) is 0 Å². The molecule has 0 saturated heterocycles. The van der Waals surface area contributed by atoms with Gasteiger partial charge in [-0.15, -0.1) is 0 Å². The first-order chi connectivity index (χ1) is 5.15. The van der Waals surface area contributed by atoms with Crippen molar-refractivity contribution in [3.05, 3.63) is 23.3 Å². The Balaban J connectivity index is 3.21. The van der Waals surface area contributed by atoms with Gasteiger partial charge in [0.2, 0.25) is 0 Å². The van der Waals surface area contributed by atoms with Crippen LogP contribution in [0.15, 0.2) is 12.1 Å². The van der Waals surface area contributed by atoms with Crippen molar-refractivity contribution in [3.63, 3.8) is 0 Å². The van der Waals surface area contributed by atoms with E-state index in [1.807, 2.05) is 26.0 Å². The van der Waals surface area contributed by atoms with Gasteiger partial charge in [0.25, 0.3) is 0 Å². The highest BCUT2D eigenvalue weighted by Crippen LogP contribution is 2.13. The minimum Gasteiger partial charge on any atom is -0.497 e. The molecular formula is C9H11BO. The van der Waals surface area contributed by atoms with Crippen molar-refractivity contribution < 1.29 is 4.74 Å². The van der Waals surface area contributed by atoms with E-state index in [-0.39, 0.29) is 0 Å². The Morgan fingerprint density at radius 1 is 1.27 bits per heavy atom. The van der Waals surface area contributed by atoms with E-state index in [1.54, 1.807) is 7.11 Å². The fraction of sp³-hybridized carbons (Fsp3) is 0.333. The minimum absolute atomic E-state index is 0.793. The van der Waals surface area contributed by atoms with Gasteiger partial charge in [-0.25, -0.2) is 0 Å². The summed E-state index contributed by atoms with van der Waals surface area (Å²) < 4.78 is 5.05. The summed E-state index contributed by atoms with van der Waals surface area (Å²) in [5, 5.41) is 0. The summed E-state index contributed by atoms with van der Waals surface area (Å²) in [6, 6.07) is 3.81. The van der Waals surface area contributed by atoms with Gasteiger partial charge in [-0.05, 0) is 31.5 Å². The molecule has 56 valence electrons. The fourth-order valence-corrected chi connectivity index (χ4v) is 0.970. The van der Waals surface area contributed by atoms with Crippen molar-refractivity contribution in [2.75, 3.05) is 7.11 Å². The largest absolute Gasteiger partial charge is 0.497 e. The third-order valence-electron chi connectivity index (χ3n) is 1.92. The van der Waals surface area contributed by atoms with Crippen LogP contribution in [0.5, 0.6) is 5.75 Å². The lowest BCUT2D eigenvalue weighted by molar-refractivity contribution is 0.415. The second-order valence-corrected chi connectivity index (χ2v) is 2.66. The zero-order chi connectivity index (χ0) is 8.43. The highest BCUT2D eigenvalue weighted by atomic mass is 16.5. The molecule has 11 heavy (non-hydrogen) atoms. The van der Waals surface area contributed by atoms with E-state index in [0.717, 1.165) is 16.8 Å². The van der Waals surface area contributed by atoms with E-state index in [2.05, 4.69) is 0 Å². The second kappa shape index (κ2) is 2.99. The molecule has 2 heteroatoms. The minimum atomic E-state index is 0.793. The molecule has 0 bridgehead atoms. The van der Waals surface area contributed by atoms with E-state index < -0.39 is 0 Å². The van der Waals surface area contributed by atoms with E-state index in [0.29, 0.717) is 0 Å². The van der Waals surface area contributed by atoms with Crippen LogP contribution in [0.3, 0.4) is 0 Å². The lowest BCUT2D eigenvalue weighted by Crippen LogP contribution is -2.09. The summed E-state index contributed by atoms with van der Waals surface area (Å²) in [5.74, 6) is 0.825. The lowest BCUT2D eigenvalue weighted by Gasteiger charge is -2.07. The molecule has 1 nitrogen and oxygen atoms in total. The first kappa shape index (κ1) is 8.18. The van der Waals surface area contributed by atoms with Crippen molar-refractivity contribution in [1.82, 2.24) is 0 Å². The molecule has 0 fully saturated rings. The van der Waals surface area contributed by atoms with Crippen LogP contribution in [-0.2, 0) is 0 Å². The van der Waals surface area contributed by atoms with Crippen LogP contribution in [0.2, 0.25) is 0 Å². The molecule has 0 aliphatic rings. The van der Waals surface area contributed by atoms with Gasteiger partial charge >= 0.3 is 0 Å². The maximum absolute atomic E-state index is 5.72. The number of hydrogen-bond donors (Lipinski definition) is 0. The maximum atomic E-state index is 5.72. The number of hydrogen-bond acceptors (Lipinski definition) is 1. The van der Waals surface area contributed by atoms with E-state index in [9.17, 15) is 0 Å². The van der Waals surface area contributed by atoms with Crippen LogP contribution in [0, 0.1) is 13.8 Å².